The highest BCUT2D eigenvalue weighted by atomic mass is 16.6. The maximum atomic E-state index is 11.2. The van der Waals surface area contributed by atoms with Gasteiger partial charge in [-0.25, -0.2) is 0 Å². The van der Waals surface area contributed by atoms with Crippen LogP contribution < -0.4 is 5.06 Å². The van der Waals surface area contributed by atoms with Crippen molar-refractivity contribution in [3.63, 3.8) is 0 Å². The zero-order valence-electron chi connectivity index (χ0n) is 7.06. The molecule has 0 fully saturated rings. The predicted octanol–water partition coefficient (Wildman–Crippen LogP) is 0.0239. The molecule has 1 unspecified atom stereocenters. The molecule has 1 heterocycles. The number of nitro groups is 1. The molecule has 1 aromatic heterocycles. The van der Waals surface area contributed by atoms with E-state index >= 15 is 0 Å². The number of nitrogens with one attached hydrogen (secondary N) is 1. The molecule has 0 amide bonds. The molecule has 13 heavy (non-hydrogen) atoms. The van der Waals surface area contributed by atoms with Crippen LogP contribution in [0.3, 0.4) is 0 Å². The number of pyridine rings is 1. The van der Waals surface area contributed by atoms with Gasteiger partial charge in [0.15, 0.2) is 0 Å². The van der Waals surface area contributed by atoms with Crippen LogP contribution in [0, 0.1) is 15.3 Å². The van der Waals surface area contributed by atoms with Crippen molar-refractivity contribution in [1.29, 1.82) is 0 Å². The minimum Gasteiger partial charge on any atom is -0.629 e. The first-order valence-electron chi connectivity index (χ1n) is 3.78. The van der Waals surface area contributed by atoms with Crippen LogP contribution in [0.5, 0.6) is 0 Å². The summed E-state index contributed by atoms with van der Waals surface area (Å²) >= 11 is 0. The van der Waals surface area contributed by atoms with Crippen molar-refractivity contribution >= 4 is 11.4 Å². The maximum absolute atomic E-state index is 11.2. The smallest absolute Gasteiger partial charge is 0.332 e. The lowest BCUT2D eigenvalue weighted by molar-refractivity contribution is -0.775. The second-order valence-corrected chi connectivity index (χ2v) is 2.43. The van der Waals surface area contributed by atoms with Crippen LogP contribution >= 0.6 is 0 Å². The molecule has 70 valence electrons. The highest BCUT2D eigenvalue weighted by Gasteiger charge is 2.17. The molecule has 0 aliphatic rings. The first-order valence-corrected chi connectivity index (χ1v) is 3.78. The van der Waals surface area contributed by atoms with Gasteiger partial charge in [0.2, 0.25) is 5.69 Å². The van der Waals surface area contributed by atoms with Gasteiger partial charge in [-0.1, -0.05) is 0 Å². The topological polar surface area (TPSA) is 83.5 Å². The summed E-state index contributed by atoms with van der Waals surface area (Å²) in [6.07, 6.45) is 2.52. The van der Waals surface area contributed by atoms with E-state index in [2.05, 4.69) is 4.98 Å². The van der Waals surface area contributed by atoms with Crippen LogP contribution in [-0.2, 0) is 0 Å². The Morgan fingerprint density at radius 3 is 2.92 bits per heavy atom. The van der Waals surface area contributed by atoms with E-state index in [1.807, 2.05) is 0 Å². The van der Waals surface area contributed by atoms with Crippen LogP contribution in [0.25, 0.3) is 0 Å². The minimum atomic E-state index is -0.579. The highest BCUT2D eigenvalue weighted by Crippen LogP contribution is 2.17. The quantitative estimate of drug-likeness (QED) is 0.529. The molecule has 6 nitrogen and oxygen atoms in total. The third kappa shape index (κ3) is 1.98. The van der Waals surface area contributed by atoms with Gasteiger partial charge in [-0.15, -0.1) is 0 Å². The Bertz CT molecular complexity index is 316. The summed E-state index contributed by atoms with van der Waals surface area (Å²) in [6.45, 7) is 1.89. The van der Waals surface area contributed by atoms with Crippen molar-refractivity contribution in [3.05, 3.63) is 33.8 Å². The molecule has 1 N–H and O–H groups in total. The van der Waals surface area contributed by atoms with E-state index < -0.39 is 4.92 Å². The number of aromatic nitrogens is 1. The summed E-state index contributed by atoms with van der Waals surface area (Å²) in [5, 5.41) is 21.4. The van der Waals surface area contributed by atoms with Crippen LogP contribution in [0.2, 0.25) is 0 Å². The normalized spacial score (nSPS) is 12.5. The molecule has 0 aliphatic heterocycles. The summed E-state index contributed by atoms with van der Waals surface area (Å²) in [5.41, 5.74) is -0.100. The fraction of sp³-hybridized carbons (Fsp3) is 0.286. The Balaban J connectivity index is 3.11. The Morgan fingerprint density at radius 1 is 1.69 bits per heavy atom. The van der Waals surface area contributed by atoms with Gasteiger partial charge in [-0.3, -0.25) is 15.1 Å². The lowest BCUT2D eigenvalue weighted by Crippen LogP contribution is -3.01. The lowest BCUT2D eigenvalue weighted by Gasteiger charge is -2.18. The molecule has 1 aromatic rings. The molecule has 0 aliphatic carbocycles. The van der Waals surface area contributed by atoms with E-state index in [9.17, 15) is 15.3 Å². The van der Waals surface area contributed by atoms with Gasteiger partial charge < -0.3 is 10.3 Å². The van der Waals surface area contributed by atoms with E-state index in [0.29, 0.717) is 0 Å². The van der Waals surface area contributed by atoms with Gasteiger partial charge >= 0.3 is 5.69 Å². The van der Waals surface area contributed by atoms with Crippen molar-refractivity contribution in [2.24, 2.45) is 0 Å². The van der Waals surface area contributed by atoms with Crippen molar-refractivity contribution in [1.82, 2.24) is 4.98 Å². The van der Waals surface area contributed by atoms with E-state index in [4.69, 9.17) is 0 Å². The van der Waals surface area contributed by atoms with Gasteiger partial charge in [0.05, 0.1) is 17.7 Å². The average Bonchev–Trinajstić information content (AvgIpc) is 2.16. The number of hydrogen-bond acceptors (Lipinski definition) is 4. The lowest BCUT2D eigenvalue weighted by atomic mass is 10.3. The number of rotatable bonds is 3. The summed E-state index contributed by atoms with van der Waals surface area (Å²) in [7, 11) is 0. The fourth-order valence-electron chi connectivity index (χ4n) is 0.952. The summed E-state index contributed by atoms with van der Waals surface area (Å²) in [6, 6.07) is 1.23. The highest BCUT2D eigenvalue weighted by molar-refractivity contribution is 5.49. The molecule has 0 aromatic carbocycles. The average molecular weight is 183 g/mol. The number of hydroxylamine groups is 1. The van der Waals surface area contributed by atoms with Gasteiger partial charge in [0.25, 0.3) is 0 Å². The summed E-state index contributed by atoms with van der Waals surface area (Å²) in [5.74, 6) is 0. The Labute approximate surface area is 74.5 Å². The predicted molar refractivity (Wildman–Crippen MR) is 45.4 cm³/mol. The Hall–Kier alpha value is -1.53. The molecule has 0 saturated heterocycles. The SMILES string of the molecule is CC[NH+]([O-])c1cnccc1[N+](=O)[O-]. The Morgan fingerprint density at radius 2 is 2.38 bits per heavy atom. The third-order valence-electron chi connectivity index (χ3n) is 1.62. The van der Waals surface area contributed by atoms with Gasteiger partial charge in [0.1, 0.15) is 0 Å². The van der Waals surface area contributed by atoms with E-state index in [-0.39, 0.29) is 23.0 Å². The summed E-state index contributed by atoms with van der Waals surface area (Å²) < 4.78 is 0. The molecule has 1 rings (SSSR count). The third-order valence-corrected chi connectivity index (χ3v) is 1.62. The standard InChI is InChI=1S/C7H9N3O3/c1-2-9(11)7-5-8-4-3-6(7)10(12)13/h3-5,9H,2H2,1H3. The molecule has 1 atom stereocenters. The molecule has 0 saturated carbocycles. The fourth-order valence-corrected chi connectivity index (χ4v) is 0.952. The van der Waals surface area contributed by atoms with Gasteiger partial charge in [-0.05, 0) is 6.92 Å². The molecular weight excluding hydrogens is 174 g/mol. The second-order valence-electron chi connectivity index (χ2n) is 2.43. The number of nitrogens with zero attached hydrogens (tertiary/aromatic N) is 2. The molecule has 0 spiro atoms. The molecule has 0 bridgehead atoms. The molecule has 6 heteroatoms. The zero-order chi connectivity index (χ0) is 9.84. The number of hydrogen-bond donors (Lipinski definition) is 1. The van der Waals surface area contributed by atoms with E-state index in [0.717, 1.165) is 0 Å². The minimum absolute atomic E-state index is 0.0787. The summed E-state index contributed by atoms with van der Waals surface area (Å²) in [4.78, 5) is 13.6. The van der Waals surface area contributed by atoms with E-state index in [1.165, 1.54) is 18.5 Å². The zero-order valence-corrected chi connectivity index (χ0v) is 7.06. The largest absolute Gasteiger partial charge is 0.629 e. The van der Waals surface area contributed by atoms with Crippen LogP contribution in [0.1, 0.15) is 6.92 Å². The van der Waals surface area contributed by atoms with Crippen molar-refractivity contribution < 1.29 is 9.99 Å². The van der Waals surface area contributed by atoms with Crippen molar-refractivity contribution in [2.45, 2.75) is 6.92 Å². The van der Waals surface area contributed by atoms with E-state index in [1.54, 1.807) is 6.92 Å². The van der Waals surface area contributed by atoms with Crippen molar-refractivity contribution in [3.8, 4) is 0 Å². The first kappa shape index (κ1) is 9.56. The van der Waals surface area contributed by atoms with Crippen LogP contribution in [-0.4, -0.2) is 16.5 Å². The Kier molecular flexibility index (Phi) is 2.88. The maximum Gasteiger partial charge on any atom is 0.332 e. The van der Waals surface area contributed by atoms with Crippen LogP contribution in [0.4, 0.5) is 11.4 Å². The van der Waals surface area contributed by atoms with Gasteiger partial charge in [-0.2, -0.15) is 0 Å². The molecule has 0 radical (unpaired) electrons. The first-order chi connectivity index (χ1) is 6.16. The monoisotopic (exact) mass is 183 g/mol. The van der Waals surface area contributed by atoms with Gasteiger partial charge in [0, 0.05) is 12.3 Å². The van der Waals surface area contributed by atoms with Crippen molar-refractivity contribution in [2.75, 3.05) is 6.54 Å². The van der Waals surface area contributed by atoms with Crippen LogP contribution in [0.15, 0.2) is 18.5 Å². The second kappa shape index (κ2) is 3.92. The number of quaternary nitrogens is 1. The molecular formula is C7H9N3O3.